The van der Waals surface area contributed by atoms with Crippen molar-refractivity contribution >= 4 is 23.3 Å². The Hall–Kier alpha value is -1.91. The van der Waals surface area contributed by atoms with Crippen molar-refractivity contribution in [3.8, 4) is 0 Å². The van der Waals surface area contributed by atoms with Crippen molar-refractivity contribution in [2.75, 3.05) is 10.6 Å². The molecule has 0 atom stereocenters. The Labute approximate surface area is 131 Å². The van der Waals surface area contributed by atoms with Crippen LogP contribution < -0.4 is 10.6 Å². The molecule has 0 saturated heterocycles. The van der Waals surface area contributed by atoms with E-state index in [-0.39, 0.29) is 17.7 Å². The van der Waals surface area contributed by atoms with Gasteiger partial charge in [-0.15, -0.1) is 0 Å². The van der Waals surface area contributed by atoms with E-state index in [0.717, 1.165) is 43.4 Å². The molecule has 0 unspecified atom stereocenters. The van der Waals surface area contributed by atoms with Gasteiger partial charge >= 0.3 is 0 Å². The quantitative estimate of drug-likeness (QED) is 0.872. The topological polar surface area (TPSA) is 71.1 Å². The summed E-state index contributed by atoms with van der Waals surface area (Å²) in [7, 11) is 0. The van der Waals surface area contributed by atoms with Crippen LogP contribution in [0.25, 0.3) is 0 Å². The minimum absolute atomic E-state index is 0.0339. The van der Waals surface area contributed by atoms with E-state index in [4.69, 9.17) is 0 Å². The van der Waals surface area contributed by atoms with Crippen LogP contribution in [0, 0.1) is 12.8 Å². The molecule has 1 heterocycles. The fourth-order valence-electron chi connectivity index (χ4n) is 2.79. The van der Waals surface area contributed by atoms with Crippen molar-refractivity contribution in [3.63, 3.8) is 0 Å². The molecule has 1 aliphatic rings. The third kappa shape index (κ3) is 4.55. The molecule has 1 saturated carbocycles. The normalized spacial score (nSPS) is 15.4. The highest BCUT2D eigenvalue weighted by Gasteiger charge is 2.21. The summed E-state index contributed by atoms with van der Waals surface area (Å²) in [6, 6.07) is 1.80. The van der Waals surface area contributed by atoms with Crippen LogP contribution >= 0.6 is 0 Å². The molecule has 0 radical (unpaired) electrons. The maximum absolute atomic E-state index is 12.3. The summed E-state index contributed by atoms with van der Waals surface area (Å²) in [5.74, 6) is 0.712. The minimum Gasteiger partial charge on any atom is -0.324 e. The van der Waals surface area contributed by atoms with Gasteiger partial charge < -0.3 is 10.6 Å². The number of pyridine rings is 1. The van der Waals surface area contributed by atoms with Crippen LogP contribution in [0.1, 0.15) is 57.4 Å². The number of amides is 2. The van der Waals surface area contributed by atoms with E-state index >= 15 is 0 Å². The molecule has 2 rings (SSSR count). The lowest BCUT2D eigenvalue weighted by molar-refractivity contribution is -0.120. The van der Waals surface area contributed by atoms with Crippen LogP contribution in [0.3, 0.4) is 0 Å². The highest BCUT2D eigenvalue weighted by atomic mass is 16.2. The summed E-state index contributed by atoms with van der Waals surface area (Å²) in [6.07, 6.45) is 8.37. The highest BCUT2D eigenvalue weighted by molar-refractivity contribution is 5.94. The minimum atomic E-state index is -0.0339. The van der Waals surface area contributed by atoms with Crippen molar-refractivity contribution in [2.24, 2.45) is 5.92 Å². The Bertz CT molecular complexity index is 537. The SMILES string of the molecule is CCCC(=O)Nc1cc(C)c(NC(=O)C2CCCCC2)cn1. The maximum atomic E-state index is 12.3. The number of rotatable bonds is 5. The number of carbonyl (C=O) groups is 2. The largest absolute Gasteiger partial charge is 0.324 e. The van der Waals surface area contributed by atoms with E-state index in [0.29, 0.717) is 12.2 Å². The number of anilines is 2. The van der Waals surface area contributed by atoms with Gasteiger partial charge in [0.2, 0.25) is 11.8 Å². The lowest BCUT2D eigenvalue weighted by Gasteiger charge is -2.21. The van der Waals surface area contributed by atoms with Gasteiger partial charge in [-0.1, -0.05) is 26.2 Å². The number of hydrogen-bond donors (Lipinski definition) is 2. The molecule has 2 N–H and O–H groups in total. The molecule has 5 nitrogen and oxygen atoms in total. The van der Waals surface area contributed by atoms with Crippen LogP contribution in [0.5, 0.6) is 0 Å². The molecular formula is C17H25N3O2. The first-order valence-electron chi connectivity index (χ1n) is 8.17. The van der Waals surface area contributed by atoms with E-state index in [1.807, 2.05) is 13.8 Å². The molecule has 2 amide bonds. The zero-order chi connectivity index (χ0) is 15.9. The molecule has 0 bridgehead atoms. The Morgan fingerprint density at radius 1 is 1.23 bits per heavy atom. The van der Waals surface area contributed by atoms with E-state index in [2.05, 4.69) is 15.6 Å². The predicted octanol–water partition coefficient (Wildman–Crippen LogP) is 3.65. The highest BCUT2D eigenvalue weighted by Crippen LogP contribution is 2.26. The second-order valence-corrected chi connectivity index (χ2v) is 6.01. The molecule has 22 heavy (non-hydrogen) atoms. The van der Waals surface area contributed by atoms with Gasteiger partial charge in [0.05, 0.1) is 11.9 Å². The fraction of sp³-hybridized carbons (Fsp3) is 0.588. The lowest BCUT2D eigenvalue weighted by Crippen LogP contribution is -2.25. The molecule has 0 aliphatic heterocycles. The summed E-state index contributed by atoms with van der Waals surface area (Å²) in [5, 5.41) is 5.74. The van der Waals surface area contributed by atoms with Crippen LogP contribution in [-0.4, -0.2) is 16.8 Å². The first-order chi connectivity index (χ1) is 10.6. The van der Waals surface area contributed by atoms with Gasteiger partial charge in [0.15, 0.2) is 0 Å². The number of aromatic nitrogens is 1. The Morgan fingerprint density at radius 3 is 2.59 bits per heavy atom. The summed E-state index contributed by atoms with van der Waals surface area (Å²) in [4.78, 5) is 28.0. The Morgan fingerprint density at radius 2 is 1.95 bits per heavy atom. The molecule has 1 aliphatic carbocycles. The summed E-state index contributed by atoms with van der Waals surface area (Å²) < 4.78 is 0. The fourth-order valence-corrected chi connectivity index (χ4v) is 2.79. The van der Waals surface area contributed by atoms with Crippen molar-refractivity contribution in [2.45, 2.75) is 58.8 Å². The van der Waals surface area contributed by atoms with Crippen LogP contribution in [0.4, 0.5) is 11.5 Å². The third-order valence-corrected chi connectivity index (χ3v) is 4.09. The first kappa shape index (κ1) is 16.5. The molecule has 1 fully saturated rings. The average molecular weight is 303 g/mol. The van der Waals surface area contributed by atoms with Crippen molar-refractivity contribution in [3.05, 3.63) is 17.8 Å². The van der Waals surface area contributed by atoms with Crippen molar-refractivity contribution < 1.29 is 9.59 Å². The van der Waals surface area contributed by atoms with Crippen molar-refractivity contribution in [1.29, 1.82) is 0 Å². The molecular weight excluding hydrogens is 278 g/mol. The Kier molecular flexibility index (Phi) is 5.92. The number of nitrogens with one attached hydrogen (secondary N) is 2. The van der Waals surface area contributed by atoms with Gasteiger partial charge in [-0.3, -0.25) is 9.59 Å². The lowest BCUT2D eigenvalue weighted by atomic mass is 9.88. The zero-order valence-corrected chi connectivity index (χ0v) is 13.4. The monoisotopic (exact) mass is 303 g/mol. The standard InChI is InChI=1S/C17H25N3O2/c1-3-7-16(21)20-15-10-12(2)14(11-18-15)19-17(22)13-8-5-4-6-9-13/h10-11,13H,3-9H2,1-2H3,(H,19,22)(H,18,20,21). The second-order valence-electron chi connectivity index (χ2n) is 6.01. The number of nitrogens with zero attached hydrogens (tertiary/aromatic N) is 1. The van der Waals surface area contributed by atoms with Gasteiger partial charge in [0.1, 0.15) is 5.82 Å². The van der Waals surface area contributed by atoms with Gasteiger partial charge in [0, 0.05) is 12.3 Å². The maximum Gasteiger partial charge on any atom is 0.227 e. The first-order valence-corrected chi connectivity index (χ1v) is 8.17. The average Bonchev–Trinajstić information content (AvgIpc) is 2.51. The van der Waals surface area contributed by atoms with Crippen molar-refractivity contribution in [1.82, 2.24) is 4.98 Å². The molecule has 120 valence electrons. The van der Waals surface area contributed by atoms with Gasteiger partial charge in [-0.05, 0) is 37.8 Å². The van der Waals surface area contributed by atoms with Crippen LogP contribution in [0.15, 0.2) is 12.3 Å². The van der Waals surface area contributed by atoms with Gasteiger partial charge in [-0.25, -0.2) is 4.98 Å². The number of carbonyl (C=O) groups excluding carboxylic acids is 2. The summed E-state index contributed by atoms with van der Waals surface area (Å²) in [6.45, 7) is 3.87. The molecule has 5 heteroatoms. The van der Waals surface area contributed by atoms with E-state index in [1.54, 1.807) is 12.3 Å². The van der Waals surface area contributed by atoms with Gasteiger partial charge in [-0.2, -0.15) is 0 Å². The predicted molar refractivity (Wildman–Crippen MR) is 87.7 cm³/mol. The van der Waals surface area contributed by atoms with E-state index in [1.165, 1.54) is 6.42 Å². The van der Waals surface area contributed by atoms with Crippen LogP contribution in [-0.2, 0) is 9.59 Å². The second kappa shape index (κ2) is 7.92. The van der Waals surface area contributed by atoms with Gasteiger partial charge in [0.25, 0.3) is 0 Å². The third-order valence-electron chi connectivity index (χ3n) is 4.09. The zero-order valence-electron chi connectivity index (χ0n) is 13.4. The molecule has 1 aromatic rings. The summed E-state index contributed by atoms with van der Waals surface area (Å²) in [5.41, 5.74) is 1.63. The summed E-state index contributed by atoms with van der Waals surface area (Å²) >= 11 is 0. The van der Waals surface area contributed by atoms with Crippen LogP contribution in [0.2, 0.25) is 0 Å². The molecule has 1 aromatic heterocycles. The number of hydrogen-bond acceptors (Lipinski definition) is 3. The molecule has 0 aromatic carbocycles. The smallest absolute Gasteiger partial charge is 0.227 e. The Balaban J connectivity index is 1.97. The number of aryl methyl sites for hydroxylation is 1. The molecule has 0 spiro atoms. The van der Waals surface area contributed by atoms with E-state index in [9.17, 15) is 9.59 Å². The van der Waals surface area contributed by atoms with E-state index < -0.39 is 0 Å².